The van der Waals surface area contributed by atoms with Gasteiger partial charge < -0.3 is 25.0 Å². The predicted molar refractivity (Wildman–Crippen MR) is 151 cm³/mol. The van der Waals surface area contributed by atoms with Gasteiger partial charge in [0.15, 0.2) is 0 Å². The Balaban J connectivity index is 1.51. The highest BCUT2D eigenvalue weighted by molar-refractivity contribution is 5.92. The zero-order chi connectivity index (χ0) is 28.5. The molecule has 2 aromatic carbocycles. The first-order valence-corrected chi connectivity index (χ1v) is 13.8. The third kappa shape index (κ3) is 6.77. The molecule has 9 heteroatoms. The van der Waals surface area contributed by atoms with Crippen LogP contribution in [0.4, 0.5) is 0 Å². The molecule has 3 aromatic rings. The number of likely N-dealkylation sites (tertiary alicyclic amines) is 1. The SMILES string of the molecule is CCCC(=O)C1(c2ccccc2)CCN(C(=O)[C@@H](Cc2ccc(OC)cc2)NC(=O)[C@@H](O)Cc2cnc[nH]2)CC1. The molecule has 1 aliphatic rings. The van der Waals surface area contributed by atoms with Gasteiger partial charge in [-0.25, -0.2) is 4.98 Å². The van der Waals surface area contributed by atoms with Gasteiger partial charge in [-0.05, 0) is 42.5 Å². The number of hydrogen-bond acceptors (Lipinski definition) is 6. The second-order valence-electron chi connectivity index (χ2n) is 10.4. The number of hydrogen-bond donors (Lipinski definition) is 3. The van der Waals surface area contributed by atoms with Gasteiger partial charge in [0.05, 0.1) is 18.9 Å². The van der Waals surface area contributed by atoms with E-state index in [1.807, 2.05) is 49.4 Å². The van der Waals surface area contributed by atoms with Crippen LogP contribution in [0.2, 0.25) is 0 Å². The smallest absolute Gasteiger partial charge is 0.249 e. The fourth-order valence-corrected chi connectivity index (χ4v) is 5.44. The predicted octanol–water partition coefficient (Wildman–Crippen LogP) is 2.98. The lowest BCUT2D eigenvalue weighted by Gasteiger charge is -2.42. The summed E-state index contributed by atoms with van der Waals surface area (Å²) in [5, 5.41) is 13.3. The molecule has 4 rings (SSSR count). The van der Waals surface area contributed by atoms with Crippen LogP contribution in [0.1, 0.15) is 49.4 Å². The van der Waals surface area contributed by atoms with Crippen LogP contribution in [0.5, 0.6) is 5.75 Å². The van der Waals surface area contributed by atoms with E-state index in [0.717, 1.165) is 17.5 Å². The van der Waals surface area contributed by atoms with Gasteiger partial charge in [-0.15, -0.1) is 0 Å². The summed E-state index contributed by atoms with van der Waals surface area (Å²) >= 11 is 0. The number of piperidine rings is 1. The Morgan fingerprint density at radius 3 is 2.38 bits per heavy atom. The molecule has 3 N–H and O–H groups in total. The summed E-state index contributed by atoms with van der Waals surface area (Å²) in [7, 11) is 1.58. The van der Waals surface area contributed by atoms with Gasteiger partial charge in [-0.1, -0.05) is 49.4 Å². The zero-order valence-electron chi connectivity index (χ0n) is 23.1. The molecule has 40 heavy (non-hydrogen) atoms. The van der Waals surface area contributed by atoms with Crippen molar-refractivity contribution < 1.29 is 24.2 Å². The number of aromatic amines is 1. The summed E-state index contributed by atoms with van der Waals surface area (Å²) in [6.07, 6.45) is 4.29. The lowest BCUT2D eigenvalue weighted by atomic mass is 9.68. The number of carbonyl (C=O) groups excluding carboxylic acids is 3. The minimum absolute atomic E-state index is 0.0537. The molecule has 0 unspecified atom stereocenters. The molecule has 9 nitrogen and oxygen atoms in total. The van der Waals surface area contributed by atoms with E-state index in [9.17, 15) is 19.5 Å². The summed E-state index contributed by atoms with van der Waals surface area (Å²) in [4.78, 5) is 48.7. The van der Waals surface area contributed by atoms with Gasteiger partial charge in [0.25, 0.3) is 0 Å². The Morgan fingerprint density at radius 1 is 1.07 bits per heavy atom. The molecule has 0 radical (unpaired) electrons. The maximum atomic E-state index is 13.8. The highest BCUT2D eigenvalue weighted by Gasteiger charge is 2.43. The van der Waals surface area contributed by atoms with Crippen molar-refractivity contribution in [3.05, 3.63) is 83.9 Å². The van der Waals surface area contributed by atoms with Crippen LogP contribution in [0.15, 0.2) is 67.1 Å². The number of rotatable bonds is 12. The molecule has 0 saturated carbocycles. The molecule has 0 spiro atoms. The van der Waals surface area contributed by atoms with Crippen LogP contribution in [0.3, 0.4) is 0 Å². The van der Waals surface area contributed by atoms with Crippen molar-refractivity contribution in [3.8, 4) is 5.75 Å². The monoisotopic (exact) mass is 546 g/mol. The maximum Gasteiger partial charge on any atom is 0.249 e. The van der Waals surface area contributed by atoms with Crippen LogP contribution in [0.25, 0.3) is 0 Å². The standard InChI is InChI=1S/C31H38N4O5/c1-3-7-28(37)31(23-8-5-4-6-9-23)14-16-35(17-15-31)30(39)26(18-22-10-12-25(40-2)13-11-22)34-29(38)27(36)19-24-20-32-21-33-24/h4-6,8-13,20-21,26-27,36H,3,7,14-19H2,1-2H3,(H,32,33)(H,34,38)/t26-,27+/m1/s1. The highest BCUT2D eigenvalue weighted by Crippen LogP contribution is 2.38. The van der Waals surface area contributed by atoms with E-state index in [1.165, 1.54) is 6.33 Å². The van der Waals surface area contributed by atoms with Crippen LogP contribution in [-0.2, 0) is 32.6 Å². The number of amides is 2. The van der Waals surface area contributed by atoms with E-state index in [2.05, 4.69) is 15.3 Å². The van der Waals surface area contributed by atoms with E-state index in [1.54, 1.807) is 30.3 Å². The molecule has 0 aliphatic carbocycles. The van der Waals surface area contributed by atoms with Gasteiger partial charge in [0.1, 0.15) is 23.7 Å². The third-order valence-electron chi connectivity index (χ3n) is 7.75. The number of H-pyrrole nitrogens is 1. The summed E-state index contributed by atoms with van der Waals surface area (Å²) in [5.41, 5.74) is 1.83. The van der Waals surface area contributed by atoms with Gasteiger partial charge in [0.2, 0.25) is 11.8 Å². The molecule has 0 bridgehead atoms. The number of aliphatic hydroxyl groups excluding tert-OH is 1. The number of ether oxygens (including phenoxy) is 1. The largest absolute Gasteiger partial charge is 0.497 e. The second kappa shape index (κ2) is 13.4. The van der Waals surface area contributed by atoms with Crippen molar-refractivity contribution in [2.75, 3.05) is 20.2 Å². The van der Waals surface area contributed by atoms with Crippen molar-refractivity contribution in [1.82, 2.24) is 20.2 Å². The number of aromatic nitrogens is 2. The van der Waals surface area contributed by atoms with E-state index in [-0.39, 0.29) is 24.5 Å². The average Bonchev–Trinajstić information content (AvgIpc) is 3.50. The van der Waals surface area contributed by atoms with Gasteiger partial charge in [-0.3, -0.25) is 14.4 Å². The van der Waals surface area contributed by atoms with E-state index >= 15 is 0 Å². The molecular formula is C31H38N4O5. The van der Waals surface area contributed by atoms with Crippen molar-refractivity contribution in [2.24, 2.45) is 0 Å². The number of aliphatic hydroxyl groups is 1. The Hall–Kier alpha value is -3.98. The van der Waals surface area contributed by atoms with Crippen molar-refractivity contribution in [1.29, 1.82) is 0 Å². The van der Waals surface area contributed by atoms with E-state index in [4.69, 9.17) is 4.74 Å². The molecular weight excluding hydrogens is 508 g/mol. The second-order valence-corrected chi connectivity index (χ2v) is 10.4. The minimum atomic E-state index is -1.34. The lowest BCUT2D eigenvalue weighted by Crippen LogP contribution is -2.56. The van der Waals surface area contributed by atoms with Crippen molar-refractivity contribution >= 4 is 17.6 Å². The summed E-state index contributed by atoms with van der Waals surface area (Å²) in [6, 6.07) is 16.3. The van der Waals surface area contributed by atoms with E-state index < -0.39 is 23.5 Å². The fraction of sp³-hybridized carbons (Fsp3) is 0.419. The normalized spacial score (nSPS) is 16.1. The molecule has 2 amide bonds. The lowest BCUT2D eigenvalue weighted by molar-refractivity contribution is -0.141. The zero-order valence-corrected chi connectivity index (χ0v) is 23.1. The van der Waals surface area contributed by atoms with E-state index in [0.29, 0.717) is 43.8 Å². The Bertz CT molecular complexity index is 1250. The molecule has 2 atom stereocenters. The Kier molecular flexibility index (Phi) is 9.71. The number of methoxy groups -OCH3 is 1. The topological polar surface area (TPSA) is 125 Å². The Labute approximate surface area is 235 Å². The number of carbonyl (C=O) groups is 3. The minimum Gasteiger partial charge on any atom is -0.497 e. The van der Waals surface area contributed by atoms with Crippen LogP contribution < -0.4 is 10.1 Å². The number of nitrogens with one attached hydrogen (secondary N) is 2. The summed E-state index contributed by atoms with van der Waals surface area (Å²) in [5.74, 6) is 0.0340. The first-order valence-electron chi connectivity index (χ1n) is 13.8. The molecule has 2 heterocycles. The highest BCUT2D eigenvalue weighted by atomic mass is 16.5. The first kappa shape index (κ1) is 29.0. The van der Waals surface area contributed by atoms with Crippen molar-refractivity contribution in [2.45, 2.75) is 63.0 Å². The van der Waals surface area contributed by atoms with Gasteiger partial charge in [-0.2, -0.15) is 0 Å². The summed E-state index contributed by atoms with van der Waals surface area (Å²) in [6.45, 7) is 2.80. The third-order valence-corrected chi connectivity index (χ3v) is 7.75. The Morgan fingerprint density at radius 2 is 1.77 bits per heavy atom. The van der Waals surface area contributed by atoms with Gasteiger partial charge >= 0.3 is 0 Å². The molecule has 212 valence electrons. The molecule has 1 saturated heterocycles. The fourth-order valence-electron chi connectivity index (χ4n) is 5.44. The summed E-state index contributed by atoms with van der Waals surface area (Å²) < 4.78 is 5.24. The van der Waals surface area contributed by atoms with Gasteiger partial charge in [0, 0.05) is 44.2 Å². The number of Topliss-reactive ketones (excluding diaryl/α,β-unsaturated/α-hetero) is 1. The quantitative estimate of drug-likeness (QED) is 0.321. The van der Waals surface area contributed by atoms with Crippen LogP contribution >= 0.6 is 0 Å². The molecule has 1 aliphatic heterocycles. The van der Waals surface area contributed by atoms with Crippen molar-refractivity contribution in [3.63, 3.8) is 0 Å². The number of ketones is 1. The van der Waals surface area contributed by atoms with Crippen LogP contribution in [0, 0.1) is 0 Å². The number of imidazole rings is 1. The maximum absolute atomic E-state index is 13.8. The molecule has 1 fully saturated rings. The average molecular weight is 547 g/mol. The van der Waals surface area contributed by atoms with Crippen LogP contribution in [-0.4, -0.2) is 69.9 Å². The number of nitrogens with zero attached hydrogens (tertiary/aromatic N) is 2. The molecule has 1 aromatic heterocycles. The first-order chi connectivity index (χ1) is 19.4. The number of benzene rings is 2.